The van der Waals surface area contributed by atoms with Crippen LogP contribution in [0.4, 0.5) is 0 Å². The van der Waals surface area contributed by atoms with Crippen molar-refractivity contribution in [1.82, 2.24) is 10.3 Å². The van der Waals surface area contributed by atoms with Gasteiger partial charge in [0.05, 0.1) is 12.3 Å². The van der Waals surface area contributed by atoms with Gasteiger partial charge in [-0.3, -0.25) is 9.78 Å². The summed E-state index contributed by atoms with van der Waals surface area (Å²) in [6.07, 6.45) is 1.51. The van der Waals surface area contributed by atoms with Crippen LogP contribution in [0.25, 0.3) is 0 Å². The van der Waals surface area contributed by atoms with E-state index in [0.717, 1.165) is 17.8 Å². The quantitative estimate of drug-likeness (QED) is 0.658. The number of carbonyl (C=O) groups is 1. The lowest BCUT2D eigenvalue weighted by atomic mass is 10.1. The molecule has 0 saturated heterocycles. The lowest BCUT2D eigenvalue weighted by molar-refractivity contribution is -0.123. The molecule has 0 fully saturated rings. The Morgan fingerprint density at radius 2 is 2.24 bits per heavy atom. The van der Waals surface area contributed by atoms with Crippen molar-refractivity contribution in [3.63, 3.8) is 0 Å². The molecule has 0 aliphatic carbocycles. The molecule has 1 rings (SSSR count). The van der Waals surface area contributed by atoms with E-state index in [2.05, 4.69) is 10.3 Å². The summed E-state index contributed by atoms with van der Waals surface area (Å²) in [5, 5.41) is 2.70. The van der Waals surface area contributed by atoms with Crippen LogP contribution in [0.5, 0.6) is 5.75 Å². The van der Waals surface area contributed by atoms with E-state index >= 15 is 0 Å². The molecule has 1 amide bonds. The lowest BCUT2D eigenvalue weighted by Gasteiger charge is -2.14. The fourth-order valence-corrected chi connectivity index (χ4v) is 1.75. The van der Waals surface area contributed by atoms with Crippen molar-refractivity contribution in [2.24, 2.45) is 5.73 Å². The average Bonchev–Trinajstić information content (AvgIpc) is 2.46. The molecule has 0 aliphatic heterocycles. The molecule has 0 radical (unpaired) electrons. The minimum Gasteiger partial charge on any atom is -0.482 e. The van der Waals surface area contributed by atoms with Crippen LogP contribution in [0, 0.1) is 6.92 Å². The van der Waals surface area contributed by atoms with E-state index in [1.807, 2.05) is 26.0 Å². The van der Waals surface area contributed by atoms with Gasteiger partial charge in [-0.1, -0.05) is 6.92 Å². The van der Waals surface area contributed by atoms with Crippen molar-refractivity contribution in [2.45, 2.75) is 32.7 Å². The molecule has 0 bridgehead atoms. The van der Waals surface area contributed by atoms with Gasteiger partial charge in [0.2, 0.25) is 0 Å². The first kappa shape index (κ1) is 17.4. The van der Waals surface area contributed by atoms with E-state index in [1.165, 1.54) is 0 Å². The molecule has 21 heavy (non-hydrogen) atoms. The van der Waals surface area contributed by atoms with Crippen molar-refractivity contribution >= 4 is 5.91 Å². The largest absolute Gasteiger partial charge is 0.482 e. The third kappa shape index (κ3) is 6.55. The standard InChI is InChI=1S/C15H25N3O3/c1-4-12(16)9-13-14(6-5-11(2)18-13)21-10-15(19)17-7-8-20-3/h5-6,12H,4,7-10,16H2,1-3H3,(H,17,19). The number of methoxy groups -OCH3 is 1. The predicted molar refractivity (Wildman–Crippen MR) is 81.3 cm³/mol. The van der Waals surface area contributed by atoms with E-state index in [0.29, 0.717) is 25.3 Å². The molecule has 6 heteroatoms. The number of hydrogen-bond acceptors (Lipinski definition) is 5. The lowest BCUT2D eigenvalue weighted by Crippen LogP contribution is -2.31. The summed E-state index contributed by atoms with van der Waals surface area (Å²) >= 11 is 0. The average molecular weight is 295 g/mol. The van der Waals surface area contributed by atoms with Crippen molar-refractivity contribution in [3.8, 4) is 5.75 Å². The molecule has 1 unspecified atom stereocenters. The normalized spacial score (nSPS) is 12.0. The first-order valence-electron chi connectivity index (χ1n) is 7.17. The van der Waals surface area contributed by atoms with E-state index in [4.69, 9.17) is 15.2 Å². The molecule has 0 saturated carbocycles. The van der Waals surface area contributed by atoms with Gasteiger partial charge >= 0.3 is 0 Å². The smallest absolute Gasteiger partial charge is 0.258 e. The number of carbonyl (C=O) groups excluding carboxylic acids is 1. The maximum Gasteiger partial charge on any atom is 0.258 e. The van der Waals surface area contributed by atoms with Crippen LogP contribution in [0.3, 0.4) is 0 Å². The van der Waals surface area contributed by atoms with Gasteiger partial charge < -0.3 is 20.5 Å². The molecule has 1 heterocycles. The van der Waals surface area contributed by atoms with Crippen LogP contribution in [-0.4, -0.2) is 43.8 Å². The maximum absolute atomic E-state index is 11.6. The minimum absolute atomic E-state index is 0.0389. The summed E-state index contributed by atoms with van der Waals surface area (Å²) in [6, 6.07) is 3.74. The fourth-order valence-electron chi connectivity index (χ4n) is 1.75. The molecule has 0 aromatic carbocycles. The molecule has 1 aromatic heterocycles. The molecule has 118 valence electrons. The zero-order chi connectivity index (χ0) is 15.7. The second kappa shape index (κ2) is 9.31. The number of aromatic nitrogens is 1. The highest BCUT2D eigenvalue weighted by molar-refractivity contribution is 5.77. The summed E-state index contributed by atoms with van der Waals surface area (Å²) < 4.78 is 10.4. The Balaban J connectivity index is 2.59. The van der Waals surface area contributed by atoms with E-state index in [9.17, 15) is 4.79 Å². The van der Waals surface area contributed by atoms with Crippen molar-refractivity contribution in [3.05, 3.63) is 23.5 Å². The van der Waals surface area contributed by atoms with E-state index < -0.39 is 0 Å². The predicted octanol–water partition coefficient (Wildman–Crippen LogP) is 0.811. The second-order valence-electron chi connectivity index (χ2n) is 4.90. The van der Waals surface area contributed by atoms with E-state index in [1.54, 1.807) is 7.11 Å². The number of hydrogen-bond donors (Lipinski definition) is 2. The molecule has 0 aliphatic rings. The van der Waals surface area contributed by atoms with Crippen LogP contribution in [-0.2, 0) is 16.0 Å². The maximum atomic E-state index is 11.6. The van der Waals surface area contributed by atoms with Gasteiger partial charge in [-0.25, -0.2) is 0 Å². The Bertz CT molecular complexity index is 452. The van der Waals surface area contributed by atoms with Crippen LogP contribution < -0.4 is 15.8 Å². The van der Waals surface area contributed by atoms with Gasteiger partial charge in [-0.15, -0.1) is 0 Å². The topological polar surface area (TPSA) is 86.5 Å². The number of pyridine rings is 1. The Hall–Kier alpha value is -1.66. The minimum atomic E-state index is -0.182. The zero-order valence-electron chi connectivity index (χ0n) is 13.0. The molecule has 1 atom stereocenters. The highest BCUT2D eigenvalue weighted by atomic mass is 16.5. The molecule has 6 nitrogen and oxygen atoms in total. The van der Waals surface area contributed by atoms with Crippen LogP contribution in [0.15, 0.2) is 12.1 Å². The molecular weight excluding hydrogens is 270 g/mol. The monoisotopic (exact) mass is 295 g/mol. The van der Waals surface area contributed by atoms with E-state index in [-0.39, 0.29) is 18.6 Å². The van der Waals surface area contributed by atoms with Gasteiger partial charge in [-0.05, 0) is 25.5 Å². The molecular formula is C15H25N3O3. The van der Waals surface area contributed by atoms with Gasteiger partial charge in [0.25, 0.3) is 5.91 Å². The number of nitrogens with zero attached hydrogens (tertiary/aromatic N) is 1. The Labute approximate surface area is 126 Å². The van der Waals surface area contributed by atoms with Crippen molar-refractivity contribution < 1.29 is 14.3 Å². The second-order valence-corrected chi connectivity index (χ2v) is 4.90. The Morgan fingerprint density at radius 3 is 2.90 bits per heavy atom. The first-order valence-corrected chi connectivity index (χ1v) is 7.17. The van der Waals surface area contributed by atoms with Crippen LogP contribution in [0.2, 0.25) is 0 Å². The van der Waals surface area contributed by atoms with Crippen LogP contribution in [0.1, 0.15) is 24.7 Å². The van der Waals surface area contributed by atoms with Gasteiger partial charge in [0.15, 0.2) is 6.61 Å². The fraction of sp³-hybridized carbons (Fsp3) is 0.600. The highest BCUT2D eigenvalue weighted by Gasteiger charge is 2.11. The Kier molecular flexibility index (Phi) is 7.71. The number of rotatable bonds is 9. The molecule has 1 aromatic rings. The number of nitrogens with one attached hydrogen (secondary N) is 1. The van der Waals surface area contributed by atoms with Gasteiger partial charge in [0, 0.05) is 31.8 Å². The molecule has 3 N–H and O–H groups in total. The third-order valence-electron chi connectivity index (χ3n) is 3.04. The number of nitrogens with two attached hydrogens (primary N) is 1. The first-order chi connectivity index (χ1) is 10.1. The summed E-state index contributed by atoms with van der Waals surface area (Å²) in [6.45, 7) is 4.86. The number of amides is 1. The third-order valence-corrected chi connectivity index (χ3v) is 3.04. The number of aryl methyl sites for hydroxylation is 1. The Morgan fingerprint density at radius 1 is 1.48 bits per heavy atom. The van der Waals surface area contributed by atoms with Gasteiger partial charge in [0.1, 0.15) is 5.75 Å². The van der Waals surface area contributed by atoms with Crippen molar-refractivity contribution in [1.29, 1.82) is 0 Å². The number of ether oxygens (including phenoxy) is 2. The summed E-state index contributed by atoms with van der Waals surface area (Å²) in [5.41, 5.74) is 7.68. The summed E-state index contributed by atoms with van der Waals surface area (Å²) in [4.78, 5) is 16.1. The molecule has 0 spiro atoms. The van der Waals surface area contributed by atoms with Crippen molar-refractivity contribution in [2.75, 3.05) is 26.9 Å². The highest BCUT2D eigenvalue weighted by Crippen LogP contribution is 2.18. The summed E-state index contributed by atoms with van der Waals surface area (Å²) in [7, 11) is 1.59. The summed E-state index contributed by atoms with van der Waals surface area (Å²) in [5.74, 6) is 0.435. The SMILES string of the molecule is CCC(N)Cc1nc(C)ccc1OCC(=O)NCCOC. The van der Waals surface area contributed by atoms with Gasteiger partial charge in [-0.2, -0.15) is 0 Å². The zero-order valence-corrected chi connectivity index (χ0v) is 13.0. The van der Waals surface area contributed by atoms with Crippen LogP contribution >= 0.6 is 0 Å².